The highest BCUT2D eigenvalue weighted by molar-refractivity contribution is 9.10. The maximum Gasteiger partial charge on any atom is 0.251 e. The van der Waals surface area contributed by atoms with Crippen molar-refractivity contribution in [1.29, 1.82) is 0 Å². The quantitative estimate of drug-likeness (QED) is 0.631. The summed E-state index contributed by atoms with van der Waals surface area (Å²) in [6.45, 7) is 3.66. The molecule has 26 heavy (non-hydrogen) atoms. The first kappa shape index (κ1) is 18.2. The van der Waals surface area contributed by atoms with E-state index in [2.05, 4.69) is 26.3 Å². The van der Waals surface area contributed by atoms with E-state index in [1.807, 2.05) is 60.1 Å². The topological polar surface area (TPSA) is 56.2 Å². The van der Waals surface area contributed by atoms with Crippen LogP contribution in [0.5, 0.6) is 5.75 Å². The summed E-state index contributed by atoms with van der Waals surface area (Å²) in [5.74, 6) is 0.676. The molecule has 2 aromatic carbocycles. The summed E-state index contributed by atoms with van der Waals surface area (Å²) >= 11 is 3.40. The lowest BCUT2D eigenvalue weighted by Crippen LogP contribution is -2.24. The molecule has 0 spiro atoms. The van der Waals surface area contributed by atoms with Crippen LogP contribution in [-0.2, 0) is 19.7 Å². The number of hydrogen-bond acceptors (Lipinski definition) is 3. The Morgan fingerprint density at radius 1 is 1.19 bits per heavy atom. The third kappa shape index (κ3) is 4.73. The number of ether oxygens (including phenoxy) is 1. The number of hydrogen-bond donors (Lipinski definition) is 1. The second-order valence-corrected chi connectivity index (χ2v) is 6.68. The van der Waals surface area contributed by atoms with Crippen molar-refractivity contribution >= 4 is 21.8 Å². The number of halogens is 1. The molecule has 3 rings (SSSR count). The molecule has 0 aliphatic carbocycles. The summed E-state index contributed by atoms with van der Waals surface area (Å²) in [5, 5.41) is 7.14. The molecule has 134 valence electrons. The molecule has 0 saturated heterocycles. The predicted molar refractivity (Wildman–Crippen MR) is 104 cm³/mol. The third-order valence-corrected chi connectivity index (χ3v) is 4.47. The molecule has 5 nitrogen and oxygen atoms in total. The van der Waals surface area contributed by atoms with Crippen molar-refractivity contribution in [3.05, 3.63) is 82.1 Å². The highest BCUT2D eigenvalue weighted by Gasteiger charge is 2.08. The minimum Gasteiger partial charge on any atom is -0.489 e. The number of rotatable bonds is 7. The normalized spacial score (nSPS) is 10.5. The molecule has 0 bridgehead atoms. The number of carbonyl (C=O) groups is 1. The summed E-state index contributed by atoms with van der Waals surface area (Å²) in [4.78, 5) is 12.4. The van der Waals surface area contributed by atoms with E-state index < -0.39 is 0 Å². The Morgan fingerprint density at radius 2 is 2.00 bits per heavy atom. The second-order valence-electron chi connectivity index (χ2n) is 5.76. The predicted octanol–water partition coefficient (Wildman–Crippen LogP) is 4.17. The van der Waals surface area contributed by atoms with Gasteiger partial charge in [-0.15, -0.1) is 0 Å². The van der Waals surface area contributed by atoms with Crippen LogP contribution in [0.2, 0.25) is 0 Å². The van der Waals surface area contributed by atoms with Crippen molar-refractivity contribution in [1.82, 2.24) is 15.1 Å². The molecule has 3 aromatic rings. The lowest BCUT2D eigenvalue weighted by molar-refractivity contribution is 0.0949. The fourth-order valence-corrected chi connectivity index (χ4v) is 2.83. The van der Waals surface area contributed by atoms with E-state index in [1.54, 1.807) is 12.3 Å². The van der Waals surface area contributed by atoms with Gasteiger partial charge in [-0.25, -0.2) is 0 Å². The molecule has 6 heteroatoms. The van der Waals surface area contributed by atoms with Crippen molar-refractivity contribution in [3.63, 3.8) is 0 Å². The zero-order chi connectivity index (χ0) is 18.4. The minimum atomic E-state index is -0.112. The van der Waals surface area contributed by atoms with E-state index in [0.29, 0.717) is 18.7 Å². The summed E-state index contributed by atoms with van der Waals surface area (Å²) < 4.78 is 8.64. The van der Waals surface area contributed by atoms with E-state index in [9.17, 15) is 4.79 Å². The van der Waals surface area contributed by atoms with Crippen LogP contribution in [-0.4, -0.2) is 15.7 Å². The Balaban J connectivity index is 1.59. The monoisotopic (exact) mass is 413 g/mol. The van der Waals surface area contributed by atoms with Crippen LogP contribution in [0.25, 0.3) is 0 Å². The van der Waals surface area contributed by atoms with E-state index >= 15 is 0 Å². The van der Waals surface area contributed by atoms with Crippen LogP contribution in [0.15, 0.2) is 65.3 Å². The number of nitrogens with zero attached hydrogens (tertiary/aromatic N) is 2. The second kappa shape index (κ2) is 8.67. The smallest absolute Gasteiger partial charge is 0.251 e. The van der Waals surface area contributed by atoms with Crippen LogP contribution in [0.4, 0.5) is 0 Å². The summed E-state index contributed by atoms with van der Waals surface area (Å²) in [7, 11) is 0. The van der Waals surface area contributed by atoms with Crippen LogP contribution in [0.1, 0.15) is 28.5 Å². The van der Waals surface area contributed by atoms with Crippen molar-refractivity contribution in [3.8, 4) is 5.75 Å². The number of aryl methyl sites for hydroxylation is 1. The zero-order valence-electron chi connectivity index (χ0n) is 14.5. The van der Waals surface area contributed by atoms with E-state index in [-0.39, 0.29) is 5.91 Å². The maximum absolute atomic E-state index is 12.4. The van der Waals surface area contributed by atoms with E-state index in [1.165, 1.54) is 0 Å². The summed E-state index contributed by atoms with van der Waals surface area (Å²) in [6, 6.07) is 17.0. The fourth-order valence-electron chi connectivity index (χ4n) is 2.57. The molecule has 0 aliphatic heterocycles. The zero-order valence-corrected chi connectivity index (χ0v) is 16.1. The van der Waals surface area contributed by atoms with Crippen molar-refractivity contribution in [2.45, 2.75) is 26.6 Å². The molecule has 0 aliphatic rings. The standard InChI is InChI=1S/C20H20BrN3O2/c1-2-24-18(10-11-23-24)13-22-20(25)16-5-3-4-15(12-16)14-26-19-8-6-17(21)7-9-19/h3-12H,2,13-14H2,1H3,(H,22,25). The average molecular weight is 414 g/mol. The SMILES string of the molecule is CCn1nccc1CNC(=O)c1cccc(COc2ccc(Br)cc2)c1. The van der Waals surface area contributed by atoms with Gasteiger partial charge in [0.15, 0.2) is 0 Å². The molecule has 0 unspecified atom stereocenters. The molecular weight excluding hydrogens is 394 g/mol. The van der Waals surface area contributed by atoms with Gasteiger partial charge in [0.2, 0.25) is 0 Å². The highest BCUT2D eigenvalue weighted by atomic mass is 79.9. The fraction of sp³-hybridized carbons (Fsp3) is 0.200. The van der Waals surface area contributed by atoms with Gasteiger partial charge in [-0.1, -0.05) is 28.1 Å². The van der Waals surface area contributed by atoms with Crippen LogP contribution < -0.4 is 10.1 Å². The molecular formula is C20H20BrN3O2. The largest absolute Gasteiger partial charge is 0.489 e. The Labute approximate surface area is 161 Å². The summed E-state index contributed by atoms with van der Waals surface area (Å²) in [5.41, 5.74) is 2.54. The highest BCUT2D eigenvalue weighted by Crippen LogP contribution is 2.17. The molecule has 0 saturated carbocycles. The number of aromatic nitrogens is 2. The Kier molecular flexibility index (Phi) is 6.07. The first-order chi connectivity index (χ1) is 12.7. The average Bonchev–Trinajstić information content (AvgIpc) is 3.13. The van der Waals surface area contributed by atoms with Gasteiger partial charge < -0.3 is 10.1 Å². The first-order valence-corrected chi connectivity index (χ1v) is 9.21. The molecule has 1 amide bonds. The number of benzene rings is 2. The molecule has 0 atom stereocenters. The Hall–Kier alpha value is -2.60. The van der Waals surface area contributed by atoms with E-state index in [4.69, 9.17) is 4.74 Å². The number of nitrogens with one attached hydrogen (secondary N) is 1. The molecule has 1 aromatic heterocycles. The summed E-state index contributed by atoms with van der Waals surface area (Å²) in [6.07, 6.45) is 1.74. The lowest BCUT2D eigenvalue weighted by atomic mass is 10.1. The number of carbonyl (C=O) groups excluding carboxylic acids is 1. The molecule has 0 fully saturated rings. The van der Waals surface area contributed by atoms with Gasteiger partial charge in [-0.05, 0) is 55.0 Å². The van der Waals surface area contributed by atoms with Gasteiger partial charge in [0.1, 0.15) is 12.4 Å². The van der Waals surface area contributed by atoms with Gasteiger partial charge in [-0.2, -0.15) is 5.10 Å². The van der Waals surface area contributed by atoms with Gasteiger partial charge in [0, 0.05) is 22.8 Å². The van der Waals surface area contributed by atoms with Crippen LogP contribution in [0.3, 0.4) is 0 Å². The van der Waals surface area contributed by atoms with E-state index in [0.717, 1.165) is 28.0 Å². The molecule has 1 N–H and O–H groups in total. The Bertz CT molecular complexity index is 875. The van der Waals surface area contributed by atoms with Gasteiger partial charge in [-0.3, -0.25) is 9.48 Å². The Morgan fingerprint density at radius 3 is 2.77 bits per heavy atom. The first-order valence-electron chi connectivity index (χ1n) is 8.42. The van der Waals surface area contributed by atoms with Gasteiger partial charge >= 0.3 is 0 Å². The van der Waals surface area contributed by atoms with Crippen molar-refractivity contribution in [2.24, 2.45) is 0 Å². The maximum atomic E-state index is 12.4. The van der Waals surface area contributed by atoms with Crippen LogP contribution in [0, 0.1) is 0 Å². The lowest BCUT2D eigenvalue weighted by Gasteiger charge is -2.09. The minimum absolute atomic E-state index is 0.112. The molecule has 1 heterocycles. The third-order valence-electron chi connectivity index (χ3n) is 3.94. The van der Waals surface area contributed by atoms with Gasteiger partial charge in [0.05, 0.1) is 12.2 Å². The molecule has 0 radical (unpaired) electrons. The van der Waals surface area contributed by atoms with Crippen LogP contribution >= 0.6 is 15.9 Å². The van der Waals surface area contributed by atoms with Gasteiger partial charge in [0.25, 0.3) is 5.91 Å². The van der Waals surface area contributed by atoms with Crippen molar-refractivity contribution in [2.75, 3.05) is 0 Å². The number of amides is 1. The van der Waals surface area contributed by atoms with Crippen molar-refractivity contribution < 1.29 is 9.53 Å².